The molecule has 114 valence electrons. The Morgan fingerprint density at radius 2 is 2.09 bits per heavy atom. The highest BCUT2D eigenvalue weighted by molar-refractivity contribution is 9.10. The zero-order chi connectivity index (χ0) is 15.9. The van der Waals surface area contributed by atoms with Crippen LogP contribution in [0.25, 0.3) is 0 Å². The van der Waals surface area contributed by atoms with Crippen LogP contribution >= 0.6 is 15.9 Å². The number of ether oxygens (including phenoxy) is 1. The molecule has 0 aromatic heterocycles. The van der Waals surface area contributed by atoms with E-state index in [4.69, 9.17) is 4.74 Å². The first kappa shape index (κ1) is 16.3. The van der Waals surface area contributed by atoms with Crippen molar-refractivity contribution in [1.82, 2.24) is 0 Å². The number of allylic oxidation sites excluding steroid dienone is 1. The highest BCUT2D eigenvalue weighted by Gasteiger charge is 2.09. The van der Waals surface area contributed by atoms with Gasteiger partial charge in [-0.25, -0.2) is 0 Å². The van der Waals surface area contributed by atoms with Gasteiger partial charge in [0, 0.05) is 16.3 Å². The molecule has 0 saturated carbocycles. The topological polar surface area (TPSA) is 41.8 Å². The summed E-state index contributed by atoms with van der Waals surface area (Å²) in [6.45, 7) is 6.09. The smallest absolute Gasteiger partial charge is 0.161 e. The van der Waals surface area contributed by atoms with Crippen molar-refractivity contribution in [1.29, 1.82) is 0 Å². The molecular weight excluding hydrogens is 342 g/mol. The maximum Gasteiger partial charge on any atom is 0.161 e. The number of phenols is 1. The highest BCUT2D eigenvalue weighted by atomic mass is 79.9. The van der Waals surface area contributed by atoms with Crippen LogP contribution in [0, 0.1) is 0 Å². The number of halogens is 1. The van der Waals surface area contributed by atoms with Gasteiger partial charge in [-0.1, -0.05) is 18.2 Å². The quantitative estimate of drug-likeness (QED) is 0.580. The second-order valence-electron chi connectivity index (χ2n) is 4.66. The lowest BCUT2D eigenvalue weighted by atomic mass is 10.1. The van der Waals surface area contributed by atoms with Gasteiger partial charge in [0.1, 0.15) is 0 Å². The average molecular weight is 360 g/mol. The summed E-state index contributed by atoms with van der Waals surface area (Å²) in [4.78, 5) is 4.47. The lowest BCUT2D eigenvalue weighted by molar-refractivity contribution is 0.317. The van der Waals surface area contributed by atoms with Crippen LogP contribution < -0.4 is 4.74 Å². The number of aromatic hydroxyl groups is 1. The van der Waals surface area contributed by atoms with E-state index in [9.17, 15) is 5.11 Å². The van der Waals surface area contributed by atoms with E-state index in [-0.39, 0.29) is 5.75 Å². The number of nitrogens with zero attached hydrogens (tertiary/aromatic N) is 1. The summed E-state index contributed by atoms with van der Waals surface area (Å²) in [5, 5.41) is 10.2. The molecule has 22 heavy (non-hydrogen) atoms. The minimum Gasteiger partial charge on any atom is -0.504 e. The number of rotatable bonds is 6. The Labute approximate surface area is 139 Å². The number of benzene rings is 2. The molecule has 0 aliphatic heterocycles. The van der Waals surface area contributed by atoms with Crippen LogP contribution in [0.3, 0.4) is 0 Å². The third-order valence-electron chi connectivity index (χ3n) is 3.05. The molecule has 2 rings (SSSR count). The van der Waals surface area contributed by atoms with Gasteiger partial charge in [0.25, 0.3) is 0 Å². The number of aliphatic imine (C=N–C) groups is 1. The number of hydrogen-bond acceptors (Lipinski definition) is 3. The standard InChI is InChI=1S/C18H18BrNO2/c1-3-7-14-10-13(11-17(18(14)21)22-4-2)12-20-16-9-6-5-8-15(16)19/h3,5-6,8-12,21H,1,4,7H2,2H3. The average Bonchev–Trinajstić information content (AvgIpc) is 2.51. The van der Waals surface area contributed by atoms with E-state index in [0.717, 1.165) is 21.3 Å². The van der Waals surface area contributed by atoms with Crippen molar-refractivity contribution in [3.05, 3.63) is 64.7 Å². The summed E-state index contributed by atoms with van der Waals surface area (Å²) in [6.07, 6.45) is 4.08. The van der Waals surface area contributed by atoms with Crippen LogP contribution in [-0.4, -0.2) is 17.9 Å². The Balaban J connectivity index is 2.38. The Morgan fingerprint density at radius 1 is 1.32 bits per heavy atom. The Hall–Kier alpha value is -2.07. The third kappa shape index (κ3) is 3.98. The zero-order valence-electron chi connectivity index (χ0n) is 12.4. The van der Waals surface area contributed by atoms with E-state index < -0.39 is 0 Å². The van der Waals surface area contributed by atoms with Crippen molar-refractivity contribution >= 4 is 27.8 Å². The summed E-state index contributed by atoms with van der Waals surface area (Å²) < 4.78 is 6.42. The molecule has 0 bridgehead atoms. The highest BCUT2D eigenvalue weighted by Crippen LogP contribution is 2.32. The van der Waals surface area contributed by atoms with Crippen LogP contribution in [-0.2, 0) is 6.42 Å². The third-order valence-corrected chi connectivity index (χ3v) is 3.72. The summed E-state index contributed by atoms with van der Waals surface area (Å²) in [6, 6.07) is 11.4. The summed E-state index contributed by atoms with van der Waals surface area (Å²) in [7, 11) is 0. The van der Waals surface area contributed by atoms with Crippen molar-refractivity contribution in [3.63, 3.8) is 0 Å². The van der Waals surface area contributed by atoms with Crippen molar-refractivity contribution < 1.29 is 9.84 Å². The molecule has 3 nitrogen and oxygen atoms in total. The van der Waals surface area contributed by atoms with Crippen molar-refractivity contribution in [2.75, 3.05) is 6.61 Å². The predicted molar refractivity (Wildman–Crippen MR) is 94.6 cm³/mol. The van der Waals surface area contributed by atoms with Gasteiger partial charge in [0.2, 0.25) is 0 Å². The Kier molecular flexibility index (Phi) is 5.78. The molecule has 0 atom stereocenters. The first-order valence-corrected chi connectivity index (χ1v) is 7.83. The van der Waals surface area contributed by atoms with Crippen LogP contribution in [0.15, 0.2) is 58.5 Å². The van der Waals surface area contributed by atoms with E-state index in [1.54, 1.807) is 18.4 Å². The van der Waals surface area contributed by atoms with E-state index in [1.165, 1.54) is 0 Å². The van der Waals surface area contributed by atoms with Crippen LogP contribution in [0.2, 0.25) is 0 Å². The Morgan fingerprint density at radius 3 is 2.77 bits per heavy atom. The van der Waals surface area contributed by atoms with Crippen LogP contribution in [0.4, 0.5) is 5.69 Å². The molecule has 0 radical (unpaired) electrons. The summed E-state index contributed by atoms with van der Waals surface area (Å²) >= 11 is 3.47. The molecule has 0 aliphatic carbocycles. The first-order valence-electron chi connectivity index (χ1n) is 7.04. The van der Waals surface area contributed by atoms with E-state index >= 15 is 0 Å². The normalized spacial score (nSPS) is 10.8. The molecule has 0 saturated heterocycles. The molecule has 0 fully saturated rings. The van der Waals surface area contributed by atoms with Crippen molar-refractivity contribution in [2.45, 2.75) is 13.3 Å². The number of para-hydroxylation sites is 1. The molecule has 0 unspecified atom stereocenters. The van der Waals surface area contributed by atoms with Gasteiger partial charge in [0.05, 0.1) is 12.3 Å². The zero-order valence-corrected chi connectivity index (χ0v) is 14.0. The molecule has 2 aromatic rings. The fourth-order valence-electron chi connectivity index (χ4n) is 2.04. The van der Waals surface area contributed by atoms with Gasteiger partial charge < -0.3 is 9.84 Å². The second kappa shape index (κ2) is 7.80. The maximum absolute atomic E-state index is 10.2. The predicted octanol–water partition coefficient (Wildman–Crippen LogP) is 5.03. The van der Waals surface area contributed by atoms with Crippen molar-refractivity contribution in [3.8, 4) is 11.5 Å². The Bertz CT molecular complexity index is 695. The minimum absolute atomic E-state index is 0.166. The lowest BCUT2D eigenvalue weighted by Crippen LogP contribution is -1.96. The minimum atomic E-state index is 0.166. The van der Waals surface area contributed by atoms with Gasteiger partial charge in [0.15, 0.2) is 11.5 Å². The summed E-state index contributed by atoms with van der Waals surface area (Å²) in [5.41, 5.74) is 2.49. The fourth-order valence-corrected chi connectivity index (χ4v) is 2.43. The van der Waals surface area contributed by atoms with E-state index in [0.29, 0.717) is 18.8 Å². The molecule has 0 heterocycles. The lowest BCUT2D eigenvalue weighted by Gasteiger charge is -2.10. The van der Waals surface area contributed by atoms with E-state index in [2.05, 4.69) is 27.5 Å². The van der Waals surface area contributed by atoms with Gasteiger partial charge in [-0.15, -0.1) is 6.58 Å². The largest absolute Gasteiger partial charge is 0.504 e. The van der Waals surface area contributed by atoms with Crippen LogP contribution in [0.5, 0.6) is 11.5 Å². The molecule has 0 amide bonds. The summed E-state index contributed by atoms with van der Waals surface area (Å²) in [5.74, 6) is 0.634. The number of hydrogen-bond donors (Lipinski definition) is 1. The SMILES string of the molecule is C=CCc1cc(C=Nc2ccccc2Br)cc(OCC)c1O. The molecular formula is C18H18BrNO2. The van der Waals surface area contributed by atoms with Gasteiger partial charge in [-0.3, -0.25) is 4.99 Å². The molecule has 0 spiro atoms. The van der Waals surface area contributed by atoms with Crippen molar-refractivity contribution in [2.24, 2.45) is 4.99 Å². The van der Waals surface area contributed by atoms with Gasteiger partial charge in [-0.05, 0) is 59.1 Å². The van der Waals surface area contributed by atoms with Crippen LogP contribution in [0.1, 0.15) is 18.1 Å². The van der Waals surface area contributed by atoms with E-state index in [1.807, 2.05) is 37.3 Å². The molecule has 1 N–H and O–H groups in total. The molecule has 0 aliphatic rings. The second-order valence-corrected chi connectivity index (χ2v) is 5.52. The fraction of sp³-hybridized carbons (Fsp3) is 0.167. The molecule has 2 aromatic carbocycles. The molecule has 4 heteroatoms. The number of phenolic OH excluding ortho intramolecular Hbond substituents is 1. The first-order chi connectivity index (χ1) is 10.7. The van der Waals surface area contributed by atoms with Gasteiger partial charge >= 0.3 is 0 Å². The van der Waals surface area contributed by atoms with Gasteiger partial charge in [-0.2, -0.15) is 0 Å². The maximum atomic E-state index is 10.2. The monoisotopic (exact) mass is 359 g/mol.